The smallest absolute Gasteiger partial charge is 0.351 e. The van der Waals surface area contributed by atoms with Gasteiger partial charge in [0.1, 0.15) is 5.52 Å². The van der Waals surface area contributed by atoms with Crippen LogP contribution in [0.4, 0.5) is 13.2 Å². The molecular formula is C17H16F3N5O2. The number of amides is 1. The maximum atomic E-state index is 12.9. The third-order valence-corrected chi connectivity index (χ3v) is 4.67. The minimum Gasteiger partial charge on any atom is -0.351 e. The van der Waals surface area contributed by atoms with Crippen molar-refractivity contribution in [1.82, 2.24) is 25.1 Å². The highest BCUT2D eigenvalue weighted by Crippen LogP contribution is 2.32. The largest absolute Gasteiger partial charge is 0.416 e. The molecule has 1 aliphatic heterocycles. The Balaban J connectivity index is 1.59. The van der Waals surface area contributed by atoms with Crippen LogP contribution >= 0.6 is 0 Å². The summed E-state index contributed by atoms with van der Waals surface area (Å²) < 4.78 is 45.2. The molecule has 142 valence electrons. The first-order chi connectivity index (χ1) is 12.8. The normalized spacial score (nSPS) is 18.2. The van der Waals surface area contributed by atoms with E-state index in [1.165, 1.54) is 6.07 Å². The van der Waals surface area contributed by atoms with Gasteiger partial charge in [-0.25, -0.2) is 4.68 Å². The zero-order valence-corrected chi connectivity index (χ0v) is 14.4. The summed E-state index contributed by atoms with van der Waals surface area (Å²) in [5.74, 6) is -0.0875. The molecule has 27 heavy (non-hydrogen) atoms. The number of hydrogen-bond donors (Lipinski definition) is 0. The lowest BCUT2D eigenvalue weighted by atomic mass is 10.0. The number of fused-ring (bicyclic) bond motifs is 1. The van der Waals surface area contributed by atoms with E-state index in [2.05, 4.69) is 15.5 Å². The monoisotopic (exact) mass is 379 g/mol. The third-order valence-electron chi connectivity index (χ3n) is 4.67. The van der Waals surface area contributed by atoms with Gasteiger partial charge in [0.15, 0.2) is 0 Å². The van der Waals surface area contributed by atoms with Crippen molar-refractivity contribution in [3.63, 3.8) is 0 Å². The van der Waals surface area contributed by atoms with Crippen LogP contribution in [0.3, 0.4) is 0 Å². The van der Waals surface area contributed by atoms with Gasteiger partial charge in [0.25, 0.3) is 5.91 Å². The summed E-state index contributed by atoms with van der Waals surface area (Å²) in [5, 5.41) is 11.6. The molecule has 2 aromatic heterocycles. The van der Waals surface area contributed by atoms with Crippen molar-refractivity contribution >= 4 is 16.9 Å². The van der Waals surface area contributed by atoms with E-state index in [4.69, 9.17) is 4.52 Å². The Morgan fingerprint density at radius 2 is 2.11 bits per heavy atom. The Kier molecular flexibility index (Phi) is 4.12. The average Bonchev–Trinajstić information content (AvgIpc) is 3.26. The maximum absolute atomic E-state index is 12.9. The number of alkyl halides is 3. The van der Waals surface area contributed by atoms with Crippen LogP contribution in [0.25, 0.3) is 11.0 Å². The molecule has 10 heteroatoms. The van der Waals surface area contributed by atoms with Gasteiger partial charge in [-0.1, -0.05) is 10.4 Å². The molecule has 0 aliphatic carbocycles. The number of piperidine rings is 1. The first kappa shape index (κ1) is 17.5. The van der Waals surface area contributed by atoms with Crippen LogP contribution in [-0.2, 0) is 6.18 Å². The number of aryl methyl sites for hydroxylation is 1. The highest BCUT2D eigenvalue weighted by molar-refractivity contribution is 5.91. The van der Waals surface area contributed by atoms with Crippen molar-refractivity contribution in [2.24, 2.45) is 0 Å². The number of aromatic nitrogens is 4. The van der Waals surface area contributed by atoms with Gasteiger partial charge in [0.05, 0.1) is 22.8 Å². The summed E-state index contributed by atoms with van der Waals surface area (Å²) in [4.78, 5) is 14.2. The second-order valence-corrected chi connectivity index (χ2v) is 6.62. The fraction of sp³-hybridized carbons (Fsp3) is 0.412. The molecular weight excluding hydrogens is 363 g/mol. The standard InChI is InChI=1S/C17H16F3N5O2/c1-10-7-15(27-22-10)16(26)24-6-2-3-12(9-24)25-14-5-4-11(17(18,19)20)8-13(14)21-23-25/h4-5,7-8,12H,2-3,6,9H2,1H3/t12-/m0/s1. The number of carbonyl (C=O) groups is 1. The maximum Gasteiger partial charge on any atom is 0.416 e. The van der Waals surface area contributed by atoms with E-state index >= 15 is 0 Å². The van der Waals surface area contributed by atoms with E-state index in [-0.39, 0.29) is 23.2 Å². The first-order valence-electron chi connectivity index (χ1n) is 8.47. The molecule has 1 aliphatic rings. The fourth-order valence-electron chi connectivity index (χ4n) is 3.35. The summed E-state index contributed by atoms with van der Waals surface area (Å²) in [5.41, 5.74) is 0.551. The summed E-state index contributed by atoms with van der Waals surface area (Å²) in [6.07, 6.45) is -2.94. The van der Waals surface area contributed by atoms with Gasteiger partial charge in [-0.15, -0.1) is 5.10 Å². The topological polar surface area (TPSA) is 77.0 Å². The van der Waals surface area contributed by atoms with Gasteiger partial charge in [0, 0.05) is 19.2 Å². The van der Waals surface area contributed by atoms with Gasteiger partial charge >= 0.3 is 6.18 Å². The van der Waals surface area contributed by atoms with Crippen molar-refractivity contribution in [3.8, 4) is 0 Å². The second-order valence-electron chi connectivity index (χ2n) is 6.62. The lowest BCUT2D eigenvalue weighted by Gasteiger charge is -2.32. The van der Waals surface area contributed by atoms with Gasteiger partial charge in [0.2, 0.25) is 5.76 Å². The number of likely N-dealkylation sites (tertiary alicyclic amines) is 1. The lowest BCUT2D eigenvalue weighted by Crippen LogP contribution is -2.40. The minimum atomic E-state index is -4.43. The van der Waals surface area contributed by atoms with E-state index in [0.29, 0.717) is 24.3 Å². The second kappa shape index (κ2) is 6.36. The molecule has 4 rings (SSSR count). The SMILES string of the molecule is Cc1cc(C(=O)N2CCC[C@H](n3nnc4cc(C(F)(F)F)ccc43)C2)on1. The molecule has 7 nitrogen and oxygen atoms in total. The zero-order valence-electron chi connectivity index (χ0n) is 14.4. The average molecular weight is 379 g/mol. The van der Waals surface area contributed by atoms with Crippen LogP contribution in [0.2, 0.25) is 0 Å². The summed E-state index contributed by atoms with van der Waals surface area (Å²) in [6, 6.07) is 4.79. The zero-order chi connectivity index (χ0) is 19.2. The molecule has 1 amide bonds. The molecule has 0 N–H and O–H groups in total. The van der Waals surface area contributed by atoms with Crippen LogP contribution in [0.5, 0.6) is 0 Å². The van der Waals surface area contributed by atoms with Gasteiger partial charge in [-0.2, -0.15) is 13.2 Å². The highest BCUT2D eigenvalue weighted by Gasteiger charge is 2.32. The number of carbonyl (C=O) groups excluding carboxylic acids is 1. The summed E-state index contributed by atoms with van der Waals surface area (Å²) >= 11 is 0. The Labute approximate surface area is 151 Å². The molecule has 0 spiro atoms. The Hall–Kier alpha value is -2.91. The Morgan fingerprint density at radius 3 is 2.81 bits per heavy atom. The number of benzene rings is 1. The summed E-state index contributed by atoms with van der Waals surface area (Å²) in [6.45, 7) is 2.67. The number of hydrogen-bond acceptors (Lipinski definition) is 5. The minimum absolute atomic E-state index is 0.173. The van der Waals surface area contributed by atoms with E-state index in [9.17, 15) is 18.0 Å². The molecule has 1 atom stereocenters. The van der Waals surface area contributed by atoms with Gasteiger partial charge < -0.3 is 9.42 Å². The Bertz CT molecular complexity index is 994. The van der Waals surface area contributed by atoms with Crippen LogP contribution in [0, 0.1) is 6.92 Å². The molecule has 1 aromatic carbocycles. The van der Waals surface area contributed by atoms with Crippen LogP contribution in [-0.4, -0.2) is 44.0 Å². The van der Waals surface area contributed by atoms with E-state index < -0.39 is 11.7 Å². The molecule has 1 fully saturated rings. The molecule has 0 unspecified atom stereocenters. The number of nitrogens with zero attached hydrogens (tertiary/aromatic N) is 5. The van der Waals surface area contributed by atoms with Crippen molar-refractivity contribution in [1.29, 1.82) is 0 Å². The predicted molar refractivity (Wildman–Crippen MR) is 87.9 cm³/mol. The van der Waals surface area contributed by atoms with E-state index in [0.717, 1.165) is 25.0 Å². The van der Waals surface area contributed by atoms with Gasteiger partial charge in [-0.3, -0.25) is 4.79 Å². The molecule has 0 saturated carbocycles. The van der Waals surface area contributed by atoms with E-state index in [1.54, 1.807) is 22.6 Å². The van der Waals surface area contributed by atoms with E-state index in [1.807, 2.05) is 0 Å². The predicted octanol–water partition coefficient (Wildman–Crippen LogP) is 3.22. The van der Waals surface area contributed by atoms with Crippen molar-refractivity contribution in [3.05, 3.63) is 41.3 Å². The van der Waals surface area contributed by atoms with Crippen molar-refractivity contribution in [2.75, 3.05) is 13.1 Å². The molecule has 3 aromatic rings. The first-order valence-corrected chi connectivity index (χ1v) is 8.47. The van der Waals surface area contributed by atoms with Crippen molar-refractivity contribution < 1.29 is 22.5 Å². The highest BCUT2D eigenvalue weighted by atomic mass is 19.4. The van der Waals surface area contributed by atoms with Crippen LogP contribution in [0.15, 0.2) is 28.8 Å². The lowest BCUT2D eigenvalue weighted by molar-refractivity contribution is -0.137. The molecule has 0 radical (unpaired) electrons. The summed E-state index contributed by atoms with van der Waals surface area (Å²) in [7, 11) is 0. The quantitative estimate of drug-likeness (QED) is 0.683. The molecule has 0 bridgehead atoms. The number of rotatable bonds is 2. The van der Waals surface area contributed by atoms with Crippen molar-refractivity contribution in [2.45, 2.75) is 32.0 Å². The Morgan fingerprint density at radius 1 is 1.30 bits per heavy atom. The van der Waals surface area contributed by atoms with Crippen LogP contribution < -0.4 is 0 Å². The number of halogens is 3. The fourth-order valence-corrected chi connectivity index (χ4v) is 3.35. The van der Waals surface area contributed by atoms with Gasteiger partial charge in [-0.05, 0) is 38.0 Å². The third kappa shape index (κ3) is 3.26. The van der Waals surface area contributed by atoms with Crippen LogP contribution in [0.1, 0.15) is 40.7 Å². The molecule has 3 heterocycles. The molecule has 1 saturated heterocycles.